The Kier molecular flexibility index (Phi) is 3.77. The maximum atomic E-state index is 12.8. The van der Waals surface area contributed by atoms with E-state index in [0.717, 1.165) is 12.8 Å². The molecule has 9 nitrogen and oxygen atoms in total. The summed E-state index contributed by atoms with van der Waals surface area (Å²) in [5.74, 6) is -0.00142. The highest BCUT2D eigenvalue weighted by Crippen LogP contribution is 2.26. The molecule has 24 heavy (non-hydrogen) atoms. The third-order valence-corrected chi connectivity index (χ3v) is 5.61. The number of fused-ring (bicyclic) bond motifs is 1. The summed E-state index contributed by atoms with van der Waals surface area (Å²) in [6.07, 6.45) is 4.37. The van der Waals surface area contributed by atoms with Crippen LogP contribution in [0.2, 0.25) is 0 Å². The first-order valence-corrected chi connectivity index (χ1v) is 9.20. The molecule has 4 heterocycles. The Balaban J connectivity index is 1.68. The van der Waals surface area contributed by atoms with Crippen LogP contribution in [-0.4, -0.2) is 46.8 Å². The van der Waals surface area contributed by atoms with Crippen molar-refractivity contribution in [3.8, 4) is 0 Å². The summed E-state index contributed by atoms with van der Waals surface area (Å²) in [6, 6.07) is 3.27. The van der Waals surface area contributed by atoms with Crippen LogP contribution >= 0.6 is 0 Å². The molecule has 1 aliphatic rings. The van der Waals surface area contributed by atoms with E-state index in [1.807, 2.05) is 0 Å². The van der Waals surface area contributed by atoms with Crippen molar-refractivity contribution in [1.82, 2.24) is 25.2 Å². The average Bonchev–Trinajstić information content (AvgIpc) is 3.23. The van der Waals surface area contributed by atoms with E-state index in [2.05, 4.69) is 20.5 Å². The molecule has 0 aliphatic carbocycles. The first-order chi connectivity index (χ1) is 11.6. The van der Waals surface area contributed by atoms with Gasteiger partial charge >= 0.3 is 0 Å². The molecule has 0 spiro atoms. The molecule has 1 fully saturated rings. The monoisotopic (exact) mass is 349 g/mol. The van der Waals surface area contributed by atoms with Crippen LogP contribution in [0.1, 0.15) is 24.7 Å². The highest BCUT2D eigenvalue weighted by molar-refractivity contribution is 7.90. The van der Waals surface area contributed by atoms with Crippen LogP contribution in [-0.2, 0) is 20.3 Å². The van der Waals surface area contributed by atoms with Crippen molar-refractivity contribution in [2.24, 2.45) is 0 Å². The van der Waals surface area contributed by atoms with E-state index in [0.29, 0.717) is 30.0 Å². The summed E-state index contributed by atoms with van der Waals surface area (Å²) in [5, 5.41) is 12.0. The predicted molar refractivity (Wildman–Crippen MR) is 81.8 cm³/mol. The molecule has 0 saturated carbocycles. The van der Waals surface area contributed by atoms with Gasteiger partial charge in [0.25, 0.3) is 0 Å². The van der Waals surface area contributed by atoms with Crippen molar-refractivity contribution in [2.45, 2.75) is 29.7 Å². The van der Waals surface area contributed by atoms with E-state index >= 15 is 0 Å². The summed E-state index contributed by atoms with van der Waals surface area (Å²) in [5.41, 5.74) is 0.479. The molecule has 1 saturated heterocycles. The molecule has 3 aromatic rings. The first-order valence-electron chi connectivity index (χ1n) is 7.54. The maximum Gasteiger partial charge on any atom is 0.203 e. The number of pyridine rings is 1. The second-order valence-corrected chi connectivity index (χ2v) is 7.50. The Morgan fingerprint density at radius 2 is 2.08 bits per heavy atom. The van der Waals surface area contributed by atoms with Crippen molar-refractivity contribution in [2.75, 3.05) is 13.2 Å². The van der Waals surface area contributed by atoms with Crippen LogP contribution in [0.15, 0.2) is 34.0 Å². The molecular weight excluding hydrogens is 334 g/mol. The van der Waals surface area contributed by atoms with Crippen molar-refractivity contribution < 1.29 is 17.6 Å². The van der Waals surface area contributed by atoms with E-state index in [9.17, 15) is 8.42 Å². The SMILES string of the molecule is O=S(=O)(Cc1nnnn1C1CCOCC1)c1nccc2occc12. The Morgan fingerprint density at radius 1 is 1.25 bits per heavy atom. The number of hydrogen-bond acceptors (Lipinski definition) is 8. The maximum absolute atomic E-state index is 12.8. The Hall–Kier alpha value is -2.33. The summed E-state index contributed by atoms with van der Waals surface area (Å²) in [4.78, 5) is 4.03. The van der Waals surface area contributed by atoms with Gasteiger partial charge < -0.3 is 9.15 Å². The number of sulfone groups is 1. The van der Waals surface area contributed by atoms with Crippen molar-refractivity contribution in [1.29, 1.82) is 0 Å². The van der Waals surface area contributed by atoms with Gasteiger partial charge in [0.05, 0.1) is 17.7 Å². The van der Waals surface area contributed by atoms with E-state index in [-0.39, 0.29) is 16.8 Å². The van der Waals surface area contributed by atoms with Gasteiger partial charge in [0, 0.05) is 19.4 Å². The largest absolute Gasteiger partial charge is 0.464 e. The minimum absolute atomic E-state index is 0.0183. The van der Waals surface area contributed by atoms with Crippen LogP contribution in [0.3, 0.4) is 0 Å². The lowest BCUT2D eigenvalue weighted by Gasteiger charge is -2.22. The smallest absolute Gasteiger partial charge is 0.203 e. The van der Waals surface area contributed by atoms with Crippen molar-refractivity contribution in [3.63, 3.8) is 0 Å². The van der Waals surface area contributed by atoms with Gasteiger partial charge in [0.1, 0.15) is 11.3 Å². The minimum atomic E-state index is -3.71. The van der Waals surface area contributed by atoms with E-state index in [4.69, 9.17) is 9.15 Å². The zero-order chi connectivity index (χ0) is 16.6. The van der Waals surface area contributed by atoms with Crippen molar-refractivity contribution in [3.05, 3.63) is 30.4 Å². The van der Waals surface area contributed by atoms with Crippen LogP contribution in [0.4, 0.5) is 0 Å². The Morgan fingerprint density at radius 3 is 2.92 bits per heavy atom. The van der Waals surface area contributed by atoms with Gasteiger partial charge in [-0.25, -0.2) is 18.1 Å². The van der Waals surface area contributed by atoms with Crippen LogP contribution < -0.4 is 0 Å². The van der Waals surface area contributed by atoms with E-state index in [1.165, 1.54) is 12.5 Å². The fourth-order valence-electron chi connectivity index (χ4n) is 2.88. The molecule has 10 heteroatoms. The molecule has 126 valence electrons. The molecule has 3 aromatic heterocycles. The summed E-state index contributed by atoms with van der Waals surface area (Å²) in [7, 11) is -3.71. The molecule has 0 atom stereocenters. The number of ether oxygens (including phenoxy) is 1. The molecule has 0 amide bonds. The number of rotatable bonds is 4. The average molecular weight is 349 g/mol. The Bertz CT molecular complexity index is 958. The van der Waals surface area contributed by atoms with Gasteiger partial charge in [0.15, 0.2) is 10.9 Å². The standard InChI is InChI=1S/C14H15N5O4S/c20-24(21,14-11-4-8-23-12(11)1-5-15-14)9-13-16-17-18-19(13)10-2-6-22-7-3-10/h1,4-5,8,10H,2-3,6-7,9H2. The molecule has 0 radical (unpaired) electrons. The van der Waals surface area contributed by atoms with Crippen LogP contribution in [0.25, 0.3) is 11.0 Å². The first kappa shape index (κ1) is 15.2. The lowest BCUT2D eigenvalue weighted by molar-refractivity contribution is 0.0650. The van der Waals surface area contributed by atoms with Gasteiger partial charge in [-0.15, -0.1) is 5.10 Å². The number of furan rings is 1. The molecule has 0 aromatic carbocycles. The van der Waals surface area contributed by atoms with Gasteiger partial charge in [-0.1, -0.05) is 0 Å². The molecular formula is C14H15N5O4S. The number of nitrogens with zero attached hydrogens (tertiary/aromatic N) is 5. The highest BCUT2D eigenvalue weighted by atomic mass is 32.2. The van der Waals surface area contributed by atoms with Gasteiger partial charge in [0.2, 0.25) is 9.84 Å². The fraction of sp³-hybridized carbons (Fsp3) is 0.429. The van der Waals surface area contributed by atoms with Gasteiger partial charge in [-0.05, 0) is 35.4 Å². The van der Waals surface area contributed by atoms with E-state index < -0.39 is 9.84 Å². The fourth-order valence-corrected chi connectivity index (χ4v) is 4.27. The van der Waals surface area contributed by atoms with Gasteiger partial charge in [-0.2, -0.15) is 0 Å². The minimum Gasteiger partial charge on any atom is -0.464 e. The second kappa shape index (κ2) is 5.95. The molecule has 1 aliphatic heterocycles. The molecule has 0 N–H and O–H groups in total. The number of aromatic nitrogens is 5. The molecule has 0 bridgehead atoms. The Labute approximate surface area is 137 Å². The second-order valence-electron chi connectivity index (χ2n) is 5.59. The van der Waals surface area contributed by atoms with Crippen molar-refractivity contribution >= 4 is 20.8 Å². The number of hydrogen-bond donors (Lipinski definition) is 0. The third-order valence-electron chi connectivity index (χ3n) is 4.05. The van der Waals surface area contributed by atoms with E-state index in [1.54, 1.807) is 16.8 Å². The highest BCUT2D eigenvalue weighted by Gasteiger charge is 2.27. The van der Waals surface area contributed by atoms with Crippen LogP contribution in [0.5, 0.6) is 0 Å². The lowest BCUT2D eigenvalue weighted by Crippen LogP contribution is -2.23. The predicted octanol–water partition coefficient (Wildman–Crippen LogP) is 1.14. The van der Waals surface area contributed by atoms with Gasteiger partial charge in [-0.3, -0.25) is 0 Å². The summed E-state index contributed by atoms with van der Waals surface area (Å²) in [6.45, 7) is 1.24. The lowest BCUT2D eigenvalue weighted by atomic mass is 10.1. The quantitative estimate of drug-likeness (QED) is 0.689. The third kappa shape index (κ3) is 2.67. The zero-order valence-corrected chi connectivity index (χ0v) is 13.5. The van der Waals surface area contributed by atoms with Crippen LogP contribution in [0, 0.1) is 0 Å². The number of tetrazole rings is 1. The topological polar surface area (TPSA) is 113 Å². The summed E-state index contributed by atoms with van der Waals surface area (Å²) >= 11 is 0. The molecule has 0 unspecified atom stereocenters. The summed E-state index contributed by atoms with van der Waals surface area (Å²) < 4.78 is 37.8. The zero-order valence-electron chi connectivity index (χ0n) is 12.7. The molecule has 4 rings (SSSR count). The normalized spacial score (nSPS) is 16.7.